The van der Waals surface area contributed by atoms with Gasteiger partial charge in [0.15, 0.2) is 5.96 Å². The van der Waals surface area contributed by atoms with Gasteiger partial charge in [-0.2, -0.15) is 0 Å². The average molecular weight is 472 g/mol. The molecule has 0 amide bonds. The maximum Gasteiger partial charge on any atom is 0.191 e. The molecule has 0 saturated carbocycles. The van der Waals surface area contributed by atoms with Crippen molar-refractivity contribution in [1.82, 2.24) is 10.6 Å². The Morgan fingerprint density at radius 1 is 1.25 bits per heavy atom. The summed E-state index contributed by atoms with van der Waals surface area (Å²) in [4.78, 5) is 5.48. The minimum absolute atomic E-state index is 0. The predicted molar refractivity (Wildman–Crippen MR) is 105 cm³/mol. The van der Waals surface area contributed by atoms with E-state index in [9.17, 15) is 0 Å². The number of thioether (sulfide) groups is 1. The van der Waals surface area contributed by atoms with Gasteiger partial charge in [0, 0.05) is 34.3 Å². The Hall–Kier alpha value is 0.0500. The van der Waals surface area contributed by atoms with Crippen LogP contribution in [0.2, 0.25) is 0 Å². The molecule has 1 unspecified atom stereocenters. The van der Waals surface area contributed by atoms with Crippen molar-refractivity contribution in [2.24, 2.45) is 4.99 Å². The number of nitrogens with one attached hydrogen (secondary N) is 2. The number of rotatable bonds is 5. The molecule has 0 aromatic heterocycles. The van der Waals surface area contributed by atoms with E-state index in [1.807, 2.05) is 11.8 Å². The molecule has 1 rings (SSSR count). The fraction of sp³-hybridized carbons (Fsp3) is 0.500. The third kappa shape index (κ3) is 8.36. The number of aliphatic imine (C=N–C) groups is 1. The van der Waals surface area contributed by atoms with Crippen LogP contribution in [0.25, 0.3) is 0 Å². The summed E-state index contributed by atoms with van der Waals surface area (Å²) in [5.41, 5.74) is 0. The molecule has 0 saturated heterocycles. The van der Waals surface area contributed by atoms with Gasteiger partial charge >= 0.3 is 0 Å². The summed E-state index contributed by atoms with van der Waals surface area (Å²) in [7, 11) is 1.80. The summed E-state index contributed by atoms with van der Waals surface area (Å²) in [6, 6.07) is 8.79. The van der Waals surface area contributed by atoms with E-state index in [0.29, 0.717) is 11.3 Å². The third-order valence-electron chi connectivity index (χ3n) is 2.36. The van der Waals surface area contributed by atoms with E-state index in [2.05, 4.69) is 76.6 Å². The first-order valence-corrected chi connectivity index (χ1v) is 8.08. The van der Waals surface area contributed by atoms with Crippen LogP contribution < -0.4 is 10.6 Å². The Morgan fingerprint density at radius 2 is 1.85 bits per heavy atom. The molecule has 0 heterocycles. The van der Waals surface area contributed by atoms with Crippen LogP contribution in [0.3, 0.4) is 0 Å². The van der Waals surface area contributed by atoms with Gasteiger partial charge in [-0.15, -0.1) is 35.7 Å². The van der Waals surface area contributed by atoms with Crippen molar-refractivity contribution in [1.29, 1.82) is 0 Å². The van der Waals surface area contributed by atoms with E-state index in [-0.39, 0.29) is 24.0 Å². The monoisotopic (exact) mass is 471 g/mol. The van der Waals surface area contributed by atoms with Gasteiger partial charge in [-0.3, -0.25) is 4.99 Å². The Balaban J connectivity index is 0.00000361. The first kappa shape index (κ1) is 20.1. The molecule has 0 fully saturated rings. The van der Waals surface area contributed by atoms with Gasteiger partial charge < -0.3 is 10.6 Å². The maximum absolute atomic E-state index is 4.20. The number of halogens is 2. The number of benzene rings is 1. The Kier molecular flexibility index (Phi) is 10.8. The van der Waals surface area contributed by atoms with Crippen molar-refractivity contribution in [2.75, 3.05) is 13.6 Å². The van der Waals surface area contributed by atoms with Crippen LogP contribution in [-0.4, -0.2) is 30.8 Å². The molecule has 0 spiro atoms. The molecule has 114 valence electrons. The standard InChI is InChI=1S/C14H22BrN3S.HI/c1-10(2)18-14(16-4)17-9-11(3)19-13-7-5-12(15)6-8-13;/h5-8,10-11H,9H2,1-4H3,(H2,16,17,18);1H. The van der Waals surface area contributed by atoms with Crippen molar-refractivity contribution >= 4 is 57.6 Å². The van der Waals surface area contributed by atoms with Crippen LogP contribution in [0.1, 0.15) is 20.8 Å². The normalized spacial score (nSPS) is 12.8. The fourth-order valence-corrected chi connectivity index (χ4v) is 2.68. The quantitative estimate of drug-likeness (QED) is 0.293. The molecule has 1 atom stereocenters. The third-order valence-corrected chi connectivity index (χ3v) is 4.00. The molecule has 0 aliphatic carbocycles. The first-order valence-electron chi connectivity index (χ1n) is 6.40. The highest BCUT2D eigenvalue weighted by molar-refractivity contribution is 14.0. The minimum Gasteiger partial charge on any atom is -0.355 e. The van der Waals surface area contributed by atoms with E-state index < -0.39 is 0 Å². The lowest BCUT2D eigenvalue weighted by Gasteiger charge is -2.17. The van der Waals surface area contributed by atoms with Gasteiger partial charge in [0.1, 0.15) is 0 Å². The number of guanidine groups is 1. The van der Waals surface area contributed by atoms with E-state index >= 15 is 0 Å². The summed E-state index contributed by atoms with van der Waals surface area (Å²) in [5.74, 6) is 0.859. The zero-order valence-corrected chi connectivity index (χ0v) is 17.0. The zero-order valence-electron chi connectivity index (χ0n) is 12.3. The summed E-state index contributed by atoms with van der Waals surface area (Å²) < 4.78 is 1.11. The van der Waals surface area contributed by atoms with Crippen molar-refractivity contribution in [3.63, 3.8) is 0 Å². The van der Waals surface area contributed by atoms with Crippen molar-refractivity contribution < 1.29 is 0 Å². The predicted octanol–water partition coefficient (Wildman–Crippen LogP) is 4.12. The molecular weight excluding hydrogens is 449 g/mol. The van der Waals surface area contributed by atoms with Crippen LogP contribution in [0.5, 0.6) is 0 Å². The molecule has 3 nitrogen and oxygen atoms in total. The van der Waals surface area contributed by atoms with Gasteiger partial charge in [0.05, 0.1) is 0 Å². The lowest BCUT2D eigenvalue weighted by atomic mass is 10.4. The smallest absolute Gasteiger partial charge is 0.191 e. The van der Waals surface area contributed by atoms with Gasteiger partial charge in [0.2, 0.25) is 0 Å². The molecule has 0 aliphatic heterocycles. The number of hydrogen-bond donors (Lipinski definition) is 2. The maximum atomic E-state index is 4.20. The molecule has 0 aliphatic rings. The molecule has 0 radical (unpaired) electrons. The lowest BCUT2D eigenvalue weighted by Crippen LogP contribution is -2.43. The molecule has 20 heavy (non-hydrogen) atoms. The van der Waals surface area contributed by atoms with Crippen molar-refractivity contribution in [3.05, 3.63) is 28.7 Å². The second kappa shape index (κ2) is 10.7. The summed E-state index contributed by atoms with van der Waals surface area (Å²) in [5, 5.41) is 7.10. The van der Waals surface area contributed by atoms with Crippen LogP contribution in [-0.2, 0) is 0 Å². The van der Waals surface area contributed by atoms with E-state index in [4.69, 9.17) is 0 Å². The highest BCUT2D eigenvalue weighted by Crippen LogP contribution is 2.24. The molecular formula is C14H23BrIN3S. The molecule has 6 heteroatoms. The summed E-state index contributed by atoms with van der Waals surface area (Å²) in [6.45, 7) is 7.30. The molecule has 1 aromatic rings. The molecule has 1 aromatic carbocycles. The Morgan fingerprint density at radius 3 is 2.35 bits per heavy atom. The minimum atomic E-state index is 0. The van der Waals surface area contributed by atoms with E-state index in [1.54, 1.807) is 7.05 Å². The fourth-order valence-electron chi connectivity index (χ4n) is 1.50. The highest BCUT2D eigenvalue weighted by atomic mass is 127. The van der Waals surface area contributed by atoms with Gasteiger partial charge in [-0.25, -0.2) is 0 Å². The van der Waals surface area contributed by atoms with Crippen LogP contribution >= 0.6 is 51.7 Å². The number of hydrogen-bond acceptors (Lipinski definition) is 2. The molecule has 2 N–H and O–H groups in total. The van der Waals surface area contributed by atoms with Crippen LogP contribution in [0, 0.1) is 0 Å². The zero-order chi connectivity index (χ0) is 14.3. The topological polar surface area (TPSA) is 36.4 Å². The van der Waals surface area contributed by atoms with E-state index in [0.717, 1.165) is 17.0 Å². The Labute approximate surface area is 151 Å². The number of nitrogens with zero attached hydrogens (tertiary/aromatic N) is 1. The SMILES string of the molecule is CN=C(NCC(C)Sc1ccc(Br)cc1)NC(C)C.I. The van der Waals surface area contributed by atoms with Gasteiger partial charge in [-0.1, -0.05) is 22.9 Å². The lowest BCUT2D eigenvalue weighted by molar-refractivity contribution is 0.697. The molecule has 0 bridgehead atoms. The van der Waals surface area contributed by atoms with Crippen LogP contribution in [0.4, 0.5) is 0 Å². The largest absolute Gasteiger partial charge is 0.355 e. The second-order valence-corrected chi connectivity index (χ2v) is 7.06. The average Bonchev–Trinajstić information content (AvgIpc) is 2.37. The highest BCUT2D eigenvalue weighted by Gasteiger charge is 2.06. The summed E-state index contributed by atoms with van der Waals surface area (Å²) in [6.07, 6.45) is 0. The first-order chi connectivity index (χ1) is 9.01. The van der Waals surface area contributed by atoms with Crippen molar-refractivity contribution in [3.8, 4) is 0 Å². The van der Waals surface area contributed by atoms with Crippen LogP contribution in [0.15, 0.2) is 38.6 Å². The summed E-state index contributed by atoms with van der Waals surface area (Å²) >= 11 is 5.31. The van der Waals surface area contributed by atoms with E-state index in [1.165, 1.54) is 4.90 Å². The Bertz CT molecular complexity index is 409. The second-order valence-electron chi connectivity index (χ2n) is 4.63. The van der Waals surface area contributed by atoms with Gasteiger partial charge in [0.25, 0.3) is 0 Å². The van der Waals surface area contributed by atoms with Gasteiger partial charge in [-0.05, 0) is 38.1 Å². The van der Waals surface area contributed by atoms with Crippen molar-refractivity contribution in [2.45, 2.75) is 37.0 Å².